The normalized spacial score (nSPS) is 9.40. The van der Waals surface area contributed by atoms with E-state index in [2.05, 4.69) is 4.84 Å². The molecule has 1 rings (SSSR count). The Morgan fingerprint density at radius 2 is 2.20 bits per heavy atom. The van der Waals surface area contributed by atoms with E-state index in [4.69, 9.17) is 16.9 Å². The summed E-state index contributed by atoms with van der Waals surface area (Å²) in [6.07, 6.45) is 0. The van der Waals surface area contributed by atoms with Gasteiger partial charge >= 0.3 is 0 Å². The molecule has 0 unspecified atom stereocenters. The van der Waals surface area contributed by atoms with Crippen LogP contribution in [0.2, 0.25) is 0 Å². The Hall–Kier alpha value is -0.960. The molecule has 0 bridgehead atoms. The van der Waals surface area contributed by atoms with Crippen LogP contribution in [0.1, 0.15) is 0 Å². The van der Waals surface area contributed by atoms with Crippen LogP contribution < -0.4 is 4.84 Å². The molecule has 0 amide bonds. The Labute approximate surface area is 62.4 Å². The minimum atomic E-state index is -0.493. The van der Waals surface area contributed by atoms with Crippen LogP contribution in [0.15, 0.2) is 18.2 Å². The van der Waals surface area contributed by atoms with E-state index in [1.807, 2.05) is 0 Å². The van der Waals surface area contributed by atoms with Gasteiger partial charge in [0, 0.05) is 17.8 Å². The number of aromatic hydroxyl groups is 1. The largest absolute Gasteiger partial charge is 0.508 e. The number of hydrogen-bond donors (Lipinski definition) is 2. The molecule has 1 aromatic carbocycles. The first-order valence-corrected chi connectivity index (χ1v) is 2.97. The summed E-state index contributed by atoms with van der Waals surface area (Å²) in [5.74, 6) is -0.516. The van der Waals surface area contributed by atoms with Crippen molar-refractivity contribution in [2.24, 2.45) is 0 Å². The Bertz CT molecular complexity index is 241. The predicted molar refractivity (Wildman–Crippen MR) is 37.5 cm³/mol. The molecule has 0 aliphatic heterocycles. The van der Waals surface area contributed by atoms with Crippen molar-refractivity contribution in [3.8, 4) is 5.75 Å². The van der Waals surface area contributed by atoms with E-state index in [1.165, 1.54) is 12.1 Å². The van der Waals surface area contributed by atoms with Crippen LogP contribution in [0.4, 0.5) is 10.1 Å². The van der Waals surface area contributed by atoms with Crippen molar-refractivity contribution in [2.45, 2.75) is 0 Å². The van der Waals surface area contributed by atoms with Gasteiger partial charge in [-0.05, 0) is 12.1 Å². The zero-order chi connectivity index (χ0) is 7.56. The van der Waals surface area contributed by atoms with Crippen molar-refractivity contribution in [2.75, 3.05) is 4.84 Å². The third kappa shape index (κ3) is 1.30. The molecule has 10 heavy (non-hydrogen) atoms. The van der Waals surface area contributed by atoms with Crippen molar-refractivity contribution in [1.29, 1.82) is 0 Å². The molecule has 0 saturated heterocycles. The SMILES string of the molecule is Oc1ccc(F)c(NCl)c1. The van der Waals surface area contributed by atoms with Crippen LogP contribution in [-0.4, -0.2) is 5.11 Å². The van der Waals surface area contributed by atoms with Crippen molar-refractivity contribution < 1.29 is 9.50 Å². The lowest BCUT2D eigenvalue weighted by molar-refractivity contribution is 0.473. The Morgan fingerprint density at radius 1 is 1.50 bits per heavy atom. The van der Waals surface area contributed by atoms with E-state index in [0.29, 0.717) is 0 Å². The summed E-state index contributed by atoms with van der Waals surface area (Å²) >= 11 is 5.10. The van der Waals surface area contributed by atoms with Gasteiger partial charge in [-0.2, -0.15) is 0 Å². The van der Waals surface area contributed by atoms with E-state index in [9.17, 15) is 4.39 Å². The van der Waals surface area contributed by atoms with E-state index in [-0.39, 0.29) is 11.4 Å². The van der Waals surface area contributed by atoms with Crippen LogP contribution in [0.3, 0.4) is 0 Å². The molecular weight excluding hydrogens is 157 g/mol. The first-order chi connectivity index (χ1) is 4.74. The number of rotatable bonds is 1. The number of phenols is 1. The number of halogens is 2. The summed E-state index contributed by atoms with van der Waals surface area (Å²) in [6, 6.07) is 3.56. The highest BCUT2D eigenvalue weighted by Crippen LogP contribution is 2.20. The maximum absolute atomic E-state index is 12.5. The molecule has 0 heterocycles. The highest BCUT2D eigenvalue weighted by molar-refractivity contribution is 6.24. The highest BCUT2D eigenvalue weighted by atomic mass is 35.5. The van der Waals surface area contributed by atoms with E-state index >= 15 is 0 Å². The number of hydrogen-bond acceptors (Lipinski definition) is 2. The summed E-state index contributed by atoms with van der Waals surface area (Å²) < 4.78 is 12.5. The average molecular weight is 162 g/mol. The van der Waals surface area contributed by atoms with Gasteiger partial charge in [0.2, 0.25) is 0 Å². The van der Waals surface area contributed by atoms with Gasteiger partial charge in [-0.25, -0.2) is 4.39 Å². The number of phenolic OH excluding ortho intramolecular Hbond substituents is 1. The quantitative estimate of drug-likeness (QED) is 0.619. The molecule has 1 aromatic rings. The number of anilines is 1. The minimum Gasteiger partial charge on any atom is -0.508 e. The second-order valence-electron chi connectivity index (χ2n) is 1.76. The Kier molecular flexibility index (Phi) is 1.97. The van der Waals surface area contributed by atoms with Gasteiger partial charge < -0.3 is 5.11 Å². The van der Waals surface area contributed by atoms with Crippen LogP contribution in [0.25, 0.3) is 0 Å². The molecule has 0 atom stereocenters. The maximum atomic E-state index is 12.5. The van der Waals surface area contributed by atoms with Crippen LogP contribution in [0, 0.1) is 5.82 Å². The minimum absolute atomic E-state index is 0.0236. The fraction of sp³-hybridized carbons (Fsp3) is 0. The van der Waals surface area contributed by atoms with Gasteiger partial charge in [0.05, 0.1) is 5.69 Å². The van der Waals surface area contributed by atoms with Crippen molar-refractivity contribution >= 4 is 17.5 Å². The first kappa shape index (κ1) is 7.15. The predicted octanol–water partition coefficient (Wildman–Crippen LogP) is 2.10. The molecular formula is C6H5ClFNO. The van der Waals surface area contributed by atoms with Crippen molar-refractivity contribution in [3.05, 3.63) is 24.0 Å². The van der Waals surface area contributed by atoms with E-state index < -0.39 is 5.82 Å². The summed E-state index contributed by atoms with van der Waals surface area (Å²) in [5, 5.41) is 8.80. The molecule has 0 saturated carbocycles. The third-order valence-corrected chi connectivity index (χ3v) is 1.26. The number of nitrogens with one attached hydrogen (secondary N) is 1. The van der Waals surface area contributed by atoms with E-state index in [0.717, 1.165) is 6.07 Å². The molecule has 0 aliphatic carbocycles. The smallest absolute Gasteiger partial charge is 0.147 e. The van der Waals surface area contributed by atoms with Crippen LogP contribution in [0.5, 0.6) is 5.75 Å². The summed E-state index contributed by atoms with van der Waals surface area (Å²) in [7, 11) is 0. The first-order valence-electron chi connectivity index (χ1n) is 2.59. The maximum Gasteiger partial charge on any atom is 0.147 e. The molecule has 54 valence electrons. The molecule has 4 heteroatoms. The van der Waals surface area contributed by atoms with Gasteiger partial charge in [-0.15, -0.1) is 0 Å². The molecule has 0 aliphatic rings. The lowest BCUT2D eigenvalue weighted by Gasteiger charge is -1.98. The van der Waals surface area contributed by atoms with E-state index in [1.54, 1.807) is 0 Å². The van der Waals surface area contributed by atoms with Crippen molar-refractivity contribution in [1.82, 2.24) is 0 Å². The molecule has 2 N–H and O–H groups in total. The highest BCUT2D eigenvalue weighted by Gasteiger charge is 1.99. The molecule has 0 radical (unpaired) electrons. The Balaban J connectivity index is 3.09. The monoisotopic (exact) mass is 161 g/mol. The molecule has 0 fully saturated rings. The topological polar surface area (TPSA) is 32.3 Å². The molecule has 0 aromatic heterocycles. The second kappa shape index (κ2) is 2.75. The van der Waals surface area contributed by atoms with Crippen LogP contribution >= 0.6 is 11.8 Å². The average Bonchev–Trinajstić information content (AvgIpc) is 1.94. The summed E-state index contributed by atoms with van der Waals surface area (Å²) in [6.45, 7) is 0. The summed E-state index contributed by atoms with van der Waals surface area (Å²) in [4.78, 5) is 2.07. The zero-order valence-corrected chi connectivity index (χ0v) is 5.69. The molecule has 0 spiro atoms. The lowest BCUT2D eigenvalue weighted by atomic mass is 10.3. The molecule has 2 nitrogen and oxygen atoms in total. The van der Waals surface area contributed by atoms with Gasteiger partial charge in [0.15, 0.2) is 0 Å². The van der Waals surface area contributed by atoms with Crippen molar-refractivity contribution in [3.63, 3.8) is 0 Å². The fourth-order valence-corrected chi connectivity index (χ4v) is 0.730. The van der Waals surface area contributed by atoms with Gasteiger partial charge in [0.1, 0.15) is 11.6 Å². The van der Waals surface area contributed by atoms with Gasteiger partial charge in [-0.1, -0.05) is 0 Å². The second-order valence-corrected chi connectivity index (χ2v) is 1.95. The zero-order valence-electron chi connectivity index (χ0n) is 4.94. The standard InChI is InChI=1S/C6H5ClFNO/c7-9-6-3-4(10)1-2-5(6)8/h1-3,9-10H. The fourth-order valence-electron chi connectivity index (χ4n) is 0.586. The third-order valence-electron chi connectivity index (χ3n) is 1.05. The lowest BCUT2D eigenvalue weighted by Crippen LogP contribution is -1.84. The van der Waals surface area contributed by atoms with Gasteiger partial charge in [-0.3, -0.25) is 4.84 Å². The Morgan fingerprint density at radius 3 is 2.70 bits per heavy atom. The number of benzene rings is 1. The summed E-state index contributed by atoms with van der Waals surface area (Å²) in [5.41, 5.74) is 0.0710. The van der Waals surface area contributed by atoms with Gasteiger partial charge in [0.25, 0.3) is 0 Å². The van der Waals surface area contributed by atoms with Crippen LogP contribution in [-0.2, 0) is 0 Å².